The first-order valence-electron chi connectivity index (χ1n) is 6.40. The van der Waals surface area contributed by atoms with Gasteiger partial charge in [0.1, 0.15) is 19.0 Å². The van der Waals surface area contributed by atoms with Crippen molar-refractivity contribution in [3.63, 3.8) is 0 Å². The zero-order valence-corrected chi connectivity index (χ0v) is 12.6. The van der Waals surface area contributed by atoms with Crippen LogP contribution < -0.4 is 15.2 Å². The van der Waals surface area contributed by atoms with Crippen molar-refractivity contribution in [3.05, 3.63) is 28.4 Å². The molecule has 1 aliphatic heterocycles. The molecule has 6 heteroatoms. The predicted octanol–water partition coefficient (Wildman–Crippen LogP) is 2.82. The van der Waals surface area contributed by atoms with Crippen LogP contribution >= 0.6 is 15.9 Å². The van der Waals surface area contributed by atoms with Gasteiger partial charge < -0.3 is 15.2 Å². The second-order valence-corrected chi connectivity index (χ2v) is 5.30. The van der Waals surface area contributed by atoms with Gasteiger partial charge in [0.25, 0.3) is 0 Å². The number of anilines is 1. The molecule has 0 bridgehead atoms. The zero-order chi connectivity index (χ0) is 14.1. The maximum absolute atomic E-state index is 5.83. The van der Waals surface area contributed by atoms with Crippen LogP contribution in [-0.4, -0.2) is 23.2 Å². The Morgan fingerprint density at radius 3 is 2.80 bits per heavy atom. The van der Waals surface area contributed by atoms with Crippen LogP contribution in [0.3, 0.4) is 0 Å². The lowest BCUT2D eigenvalue weighted by Crippen LogP contribution is -2.15. The number of nitrogens with two attached hydrogens (primary N) is 1. The average Bonchev–Trinajstić information content (AvgIpc) is 2.46. The van der Waals surface area contributed by atoms with Crippen LogP contribution in [0.5, 0.6) is 11.5 Å². The fourth-order valence-corrected chi connectivity index (χ4v) is 2.63. The van der Waals surface area contributed by atoms with E-state index < -0.39 is 0 Å². The summed E-state index contributed by atoms with van der Waals surface area (Å²) in [6.45, 7) is 3.13. The van der Waals surface area contributed by atoms with E-state index in [1.807, 2.05) is 19.1 Å². The van der Waals surface area contributed by atoms with E-state index in [9.17, 15) is 0 Å². The molecular formula is C14H14BrN3O2. The normalized spacial score (nSPS) is 13.3. The van der Waals surface area contributed by atoms with Gasteiger partial charge in [-0.2, -0.15) is 0 Å². The van der Waals surface area contributed by atoms with Gasteiger partial charge in [0.15, 0.2) is 17.3 Å². The van der Waals surface area contributed by atoms with Crippen molar-refractivity contribution in [3.8, 4) is 22.9 Å². The summed E-state index contributed by atoms with van der Waals surface area (Å²) in [6.07, 6.45) is 0.811. The third-order valence-electron chi connectivity index (χ3n) is 3.02. The maximum Gasteiger partial charge on any atom is 0.175 e. The SMILES string of the molecule is CCc1cc(N)nc(-c2cc(Br)c3c(c2)OCCO3)n1. The monoisotopic (exact) mass is 335 g/mol. The highest BCUT2D eigenvalue weighted by Gasteiger charge is 2.18. The molecule has 0 amide bonds. The molecule has 104 valence electrons. The minimum Gasteiger partial charge on any atom is -0.486 e. The second-order valence-electron chi connectivity index (χ2n) is 4.44. The van der Waals surface area contributed by atoms with Crippen LogP contribution in [0.2, 0.25) is 0 Å². The van der Waals surface area contributed by atoms with Crippen molar-refractivity contribution in [2.45, 2.75) is 13.3 Å². The van der Waals surface area contributed by atoms with Gasteiger partial charge >= 0.3 is 0 Å². The van der Waals surface area contributed by atoms with Crippen LogP contribution in [0.1, 0.15) is 12.6 Å². The Bertz CT molecular complexity index is 661. The third kappa shape index (κ3) is 2.43. The van der Waals surface area contributed by atoms with Crippen LogP contribution in [0.15, 0.2) is 22.7 Å². The first kappa shape index (κ1) is 13.2. The van der Waals surface area contributed by atoms with Gasteiger partial charge in [0.2, 0.25) is 0 Å². The maximum atomic E-state index is 5.83. The minimum atomic E-state index is 0.470. The second kappa shape index (κ2) is 5.28. The fourth-order valence-electron chi connectivity index (χ4n) is 2.07. The molecule has 1 aliphatic rings. The van der Waals surface area contributed by atoms with E-state index in [-0.39, 0.29) is 0 Å². The largest absolute Gasteiger partial charge is 0.486 e. The summed E-state index contributed by atoms with van der Waals surface area (Å²) in [5.74, 6) is 2.49. The van der Waals surface area contributed by atoms with Gasteiger partial charge in [-0.05, 0) is 34.5 Å². The number of rotatable bonds is 2. The Morgan fingerprint density at radius 2 is 2.00 bits per heavy atom. The van der Waals surface area contributed by atoms with E-state index in [1.165, 1.54) is 0 Å². The van der Waals surface area contributed by atoms with E-state index >= 15 is 0 Å². The van der Waals surface area contributed by atoms with E-state index in [0.717, 1.165) is 27.9 Å². The first-order chi connectivity index (χ1) is 9.67. The van der Waals surface area contributed by atoms with E-state index in [4.69, 9.17) is 15.2 Å². The van der Waals surface area contributed by atoms with Crippen molar-refractivity contribution in [2.75, 3.05) is 18.9 Å². The summed E-state index contributed by atoms with van der Waals surface area (Å²) in [5.41, 5.74) is 7.59. The summed E-state index contributed by atoms with van der Waals surface area (Å²) in [6, 6.07) is 5.59. The van der Waals surface area contributed by atoms with Crippen LogP contribution in [0.25, 0.3) is 11.4 Å². The van der Waals surface area contributed by atoms with Gasteiger partial charge in [0, 0.05) is 17.3 Å². The number of fused-ring (bicyclic) bond motifs is 1. The molecule has 2 aromatic rings. The molecule has 0 atom stereocenters. The number of hydrogen-bond acceptors (Lipinski definition) is 5. The van der Waals surface area contributed by atoms with Gasteiger partial charge in [0.05, 0.1) is 4.47 Å². The Hall–Kier alpha value is -1.82. The smallest absolute Gasteiger partial charge is 0.175 e. The van der Waals surface area contributed by atoms with Gasteiger partial charge in [-0.3, -0.25) is 0 Å². The molecule has 20 heavy (non-hydrogen) atoms. The van der Waals surface area contributed by atoms with Crippen molar-refractivity contribution in [1.29, 1.82) is 0 Å². The molecule has 0 aliphatic carbocycles. The molecule has 0 saturated carbocycles. The van der Waals surface area contributed by atoms with E-state index in [1.54, 1.807) is 6.07 Å². The minimum absolute atomic E-state index is 0.470. The first-order valence-corrected chi connectivity index (χ1v) is 7.19. The topological polar surface area (TPSA) is 70.3 Å². The summed E-state index contributed by atoms with van der Waals surface area (Å²) in [7, 11) is 0. The van der Waals surface area contributed by atoms with Crippen molar-refractivity contribution in [1.82, 2.24) is 9.97 Å². The molecule has 0 unspecified atom stereocenters. The predicted molar refractivity (Wildman–Crippen MR) is 79.9 cm³/mol. The standard InChI is InChI=1S/C14H14BrN3O2/c1-2-9-7-12(16)18-14(17-9)8-5-10(15)13-11(6-8)19-3-4-20-13/h5-7H,2-4H2,1H3,(H2,16,17,18). The fraction of sp³-hybridized carbons (Fsp3) is 0.286. The summed E-state index contributed by atoms with van der Waals surface area (Å²) in [5, 5.41) is 0. The summed E-state index contributed by atoms with van der Waals surface area (Å²) in [4.78, 5) is 8.80. The lowest BCUT2D eigenvalue weighted by molar-refractivity contribution is 0.170. The Balaban J connectivity index is 2.10. The Kier molecular flexibility index (Phi) is 3.48. The summed E-state index contributed by atoms with van der Waals surface area (Å²) >= 11 is 3.49. The lowest BCUT2D eigenvalue weighted by Gasteiger charge is -2.20. The van der Waals surface area contributed by atoms with E-state index in [0.29, 0.717) is 30.6 Å². The van der Waals surface area contributed by atoms with Crippen LogP contribution in [-0.2, 0) is 6.42 Å². The zero-order valence-electron chi connectivity index (χ0n) is 11.0. The molecular weight excluding hydrogens is 322 g/mol. The number of halogens is 1. The number of nitrogens with zero attached hydrogens (tertiary/aromatic N) is 2. The Morgan fingerprint density at radius 1 is 1.20 bits per heavy atom. The molecule has 2 heterocycles. The summed E-state index contributed by atoms with van der Waals surface area (Å²) < 4.78 is 12.0. The highest BCUT2D eigenvalue weighted by atomic mass is 79.9. The number of hydrogen-bond donors (Lipinski definition) is 1. The number of aryl methyl sites for hydroxylation is 1. The average molecular weight is 336 g/mol. The Labute approximate surface area is 125 Å². The van der Waals surface area contributed by atoms with Gasteiger partial charge in [-0.15, -0.1) is 0 Å². The van der Waals surface area contributed by atoms with Gasteiger partial charge in [-0.1, -0.05) is 6.92 Å². The quantitative estimate of drug-likeness (QED) is 0.913. The highest BCUT2D eigenvalue weighted by molar-refractivity contribution is 9.10. The molecule has 1 aromatic carbocycles. The molecule has 2 N–H and O–H groups in total. The van der Waals surface area contributed by atoms with Crippen LogP contribution in [0.4, 0.5) is 5.82 Å². The number of ether oxygens (including phenoxy) is 2. The molecule has 5 nitrogen and oxygen atoms in total. The lowest BCUT2D eigenvalue weighted by atomic mass is 10.1. The highest BCUT2D eigenvalue weighted by Crippen LogP contribution is 2.40. The molecule has 3 rings (SSSR count). The molecule has 1 aromatic heterocycles. The van der Waals surface area contributed by atoms with Crippen molar-refractivity contribution in [2.24, 2.45) is 0 Å². The molecule has 0 spiro atoms. The number of aromatic nitrogens is 2. The molecule has 0 saturated heterocycles. The van der Waals surface area contributed by atoms with E-state index in [2.05, 4.69) is 25.9 Å². The third-order valence-corrected chi connectivity index (χ3v) is 3.61. The van der Waals surface area contributed by atoms with Gasteiger partial charge in [-0.25, -0.2) is 9.97 Å². The molecule has 0 radical (unpaired) electrons. The number of benzene rings is 1. The van der Waals surface area contributed by atoms with Crippen molar-refractivity contribution < 1.29 is 9.47 Å². The molecule has 0 fully saturated rings. The number of nitrogen functional groups attached to an aromatic ring is 1. The van der Waals surface area contributed by atoms with Crippen LogP contribution in [0, 0.1) is 0 Å². The van der Waals surface area contributed by atoms with Crippen molar-refractivity contribution >= 4 is 21.7 Å².